The zero-order valence-corrected chi connectivity index (χ0v) is 27.5. The number of piperidine rings is 1. The fraction of sp³-hybridized carbons (Fsp3) is 0.472. The first-order valence-corrected chi connectivity index (χ1v) is 16.1. The molecule has 10 nitrogen and oxygen atoms in total. The monoisotopic (exact) mass is 631 g/mol. The van der Waals surface area contributed by atoms with Crippen molar-refractivity contribution in [2.24, 2.45) is 0 Å². The van der Waals surface area contributed by atoms with E-state index in [4.69, 9.17) is 18.9 Å². The highest BCUT2D eigenvalue weighted by Crippen LogP contribution is 2.32. The average molecular weight is 632 g/mol. The molecule has 0 bridgehead atoms. The Bertz CT molecular complexity index is 1650. The molecule has 2 aromatic carbocycles. The maximum atomic E-state index is 13.4. The van der Waals surface area contributed by atoms with Crippen LogP contribution in [0.3, 0.4) is 0 Å². The Morgan fingerprint density at radius 2 is 1.74 bits per heavy atom. The minimum absolute atomic E-state index is 0.0102. The van der Waals surface area contributed by atoms with E-state index >= 15 is 0 Å². The fourth-order valence-corrected chi connectivity index (χ4v) is 6.03. The summed E-state index contributed by atoms with van der Waals surface area (Å²) in [4.78, 5) is 42.6. The van der Waals surface area contributed by atoms with Gasteiger partial charge in [-0.1, -0.05) is 12.1 Å². The van der Waals surface area contributed by atoms with Crippen LogP contribution in [0.2, 0.25) is 0 Å². The molecule has 1 fully saturated rings. The molecule has 0 radical (unpaired) electrons. The van der Waals surface area contributed by atoms with Gasteiger partial charge < -0.3 is 33.3 Å². The van der Waals surface area contributed by atoms with E-state index in [-0.39, 0.29) is 17.7 Å². The molecular formula is C36H45N3O7. The molecule has 0 N–H and O–H groups in total. The third-order valence-electron chi connectivity index (χ3n) is 8.19. The van der Waals surface area contributed by atoms with Crippen molar-refractivity contribution in [2.75, 3.05) is 39.5 Å². The lowest BCUT2D eigenvalue weighted by molar-refractivity contribution is -0.137. The maximum absolute atomic E-state index is 13.4. The number of amides is 1. The number of aromatic nitrogens is 1. The van der Waals surface area contributed by atoms with E-state index in [1.54, 1.807) is 19.1 Å². The van der Waals surface area contributed by atoms with Crippen molar-refractivity contribution < 1.29 is 28.5 Å². The summed E-state index contributed by atoms with van der Waals surface area (Å²) in [6.07, 6.45) is 4.41. The number of benzene rings is 2. The van der Waals surface area contributed by atoms with Crippen molar-refractivity contribution >= 4 is 29.0 Å². The highest BCUT2D eigenvalue weighted by atomic mass is 16.6. The van der Waals surface area contributed by atoms with Gasteiger partial charge in [0.1, 0.15) is 18.8 Å². The summed E-state index contributed by atoms with van der Waals surface area (Å²) in [7, 11) is 0. The molecule has 46 heavy (non-hydrogen) atoms. The molecule has 1 amide bonds. The summed E-state index contributed by atoms with van der Waals surface area (Å²) in [5.41, 5.74) is 2.97. The zero-order chi connectivity index (χ0) is 32.8. The zero-order valence-electron chi connectivity index (χ0n) is 27.5. The largest absolute Gasteiger partial charge is 0.486 e. The Morgan fingerprint density at radius 3 is 2.46 bits per heavy atom. The summed E-state index contributed by atoms with van der Waals surface area (Å²) < 4.78 is 24.1. The first kappa shape index (κ1) is 33.1. The number of likely N-dealkylation sites (tertiary alicyclic amines) is 1. The molecule has 0 unspecified atom stereocenters. The Morgan fingerprint density at radius 1 is 1.00 bits per heavy atom. The Labute approximate surface area is 270 Å². The van der Waals surface area contributed by atoms with Crippen LogP contribution in [0.5, 0.6) is 11.5 Å². The Balaban J connectivity index is 1.27. The molecule has 0 spiro atoms. The lowest BCUT2D eigenvalue weighted by Gasteiger charge is -2.39. The number of nitrogens with zero attached hydrogens (tertiary/aromatic N) is 3. The lowest BCUT2D eigenvalue weighted by Crippen LogP contribution is -2.49. The van der Waals surface area contributed by atoms with Crippen LogP contribution in [-0.2, 0) is 27.4 Å². The number of aryl methyl sites for hydroxylation is 1. The molecular weight excluding hydrogens is 586 g/mol. The van der Waals surface area contributed by atoms with E-state index in [0.717, 1.165) is 59.3 Å². The Hall–Kier alpha value is -4.31. The second-order valence-corrected chi connectivity index (χ2v) is 12.9. The molecule has 0 saturated carbocycles. The SMILES string of the molecule is CCOC(=O)/C=C/c1cc(C)cc2c1ccc(=O)n2CCN1CCC(N(Cc2ccc3c(c2)OCCO3)C(=O)OC(C)(C)C)CC1. The van der Waals surface area contributed by atoms with Gasteiger partial charge in [0.25, 0.3) is 5.56 Å². The van der Waals surface area contributed by atoms with E-state index in [2.05, 4.69) is 4.90 Å². The normalized spacial score (nSPS) is 15.7. The van der Waals surface area contributed by atoms with Crippen LogP contribution in [0, 0.1) is 6.92 Å². The minimum Gasteiger partial charge on any atom is -0.486 e. The van der Waals surface area contributed by atoms with Gasteiger partial charge in [-0.2, -0.15) is 0 Å². The summed E-state index contributed by atoms with van der Waals surface area (Å²) in [6.45, 7) is 14.0. The van der Waals surface area contributed by atoms with Gasteiger partial charge in [-0.25, -0.2) is 9.59 Å². The molecule has 246 valence electrons. The van der Waals surface area contributed by atoms with E-state index in [9.17, 15) is 14.4 Å². The molecule has 0 aliphatic carbocycles. The van der Waals surface area contributed by atoms with E-state index in [1.807, 2.05) is 73.6 Å². The smallest absolute Gasteiger partial charge is 0.410 e. The average Bonchev–Trinajstić information content (AvgIpc) is 3.01. The number of ether oxygens (including phenoxy) is 4. The third kappa shape index (κ3) is 8.28. The van der Waals surface area contributed by atoms with Crippen LogP contribution in [0.15, 0.2) is 53.3 Å². The number of carbonyl (C=O) groups excluding carboxylic acids is 2. The number of hydrogen-bond donors (Lipinski definition) is 0. The van der Waals surface area contributed by atoms with Gasteiger partial charge in [-0.3, -0.25) is 4.79 Å². The maximum Gasteiger partial charge on any atom is 0.410 e. The van der Waals surface area contributed by atoms with E-state index in [1.165, 1.54) is 6.08 Å². The first-order chi connectivity index (χ1) is 22.0. The summed E-state index contributed by atoms with van der Waals surface area (Å²) in [5, 5.41) is 0.900. The lowest BCUT2D eigenvalue weighted by atomic mass is 10.0. The van der Waals surface area contributed by atoms with Gasteiger partial charge in [0.2, 0.25) is 0 Å². The van der Waals surface area contributed by atoms with Gasteiger partial charge in [-0.15, -0.1) is 0 Å². The van der Waals surface area contributed by atoms with Gasteiger partial charge in [0.15, 0.2) is 11.5 Å². The van der Waals surface area contributed by atoms with E-state index < -0.39 is 11.6 Å². The van der Waals surface area contributed by atoms with Gasteiger partial charge >= 0.3 is 12.1 Å². The fourth-order valence-electron chi connectivity index (χ4n) is 6.03. The number of carbonyl (C=O) groups is 2. The first-order valence-electron chi connectivity index (χ1n) is 16.1. The van der Waals surface area contributed by atoms with Gasteiger partial charge in [0.05, 0.1) is 12.1 Å². The van der Waals surface area contributed by atoms with Crippen LogP contribution < -0.4 is 15.0 Å². The van der Waals surface area contributed by atoms with Crippen LogP contribution in [-0.4, -0.2) is 77.5 Å². The van der Waals surface area contributed by atoms with Crippen molar-refractivity contribution in [2.45, 2.75) is 72.2 Å². The number of rotatable bonds is 9. The van der Waals surface area contributed by atoms with Crippen molar-refractivity contribution in [3.63, 3.8) is 0 Å². The minimum atomic E-state index is -0.610. The molecule has 3 heterocycles. The van der Waals surface area contributed by atoms with Crippen LogP contribution in [0.4, 0.5) is 4.79 Å². The highest BCUT2D eigenvalue weighted by molar-refractivity contribution is 5.94. The molecule has 2 aliphatic rings. The predicted molar refractivity (Wildman–Crippen MR) is 177 cm³/mol. The number of fused-ring (bicyclic) bond motifs is 2. The standard InChI is InChI=1S/C36H45N3O7/c1-6-43-34(41)12-8-27-21-25(2)22-30-29(27)9-11-33(40)38(30)18-17-37-15-13-28(14-16-37)39(35(42)46-36(3,4)5)24-26-7-10-31-32(23-26)45-20-19-44-31/h7-12,21-23,28H,6,13-20,24H2,1-5H3/b12-8+. The highest BCUT2D eigenvalue weighted by Gasteiger charge is 2.31. The summed E-state index contributed by atoms with van der Waals surface area (Å²) in [6, 6.07) is 13.2. The van der Waals surface area contributed by atoms with Crippen LogP contribution >= 0.6 is 0 Å². The summed E-state index contributed by atoms with van der Waals surface area (Å²) >= 11 is 0. The van der Waals surface area contributed by atoms with Gasteiger partial charge in [0, 0.05) is 56.3 Å². The number of esters is 1. The van der Waals surface area contributed by atoms with Crippen molar-refractivity contribution in [3.8, 4) is 11.5 Å². The number of hydrogen-bond acceptors (Lipinski definition) is 8. The Kier molecular flexibility index (Phi) is 10.4. The second kappa shape index (κ2) is 14.4. The molecule has 1 aromatic heterocycles. The molecule has 0 atom stereocenters. The van der Waals surface area contributed by atoms with Crippen LogP contribution in [0.1, 0.15) is 57.2 Å². The predicted octanol–water partition coefficient (Wildman–Crippen LogP) is 5.56. The molecule has 1 saturated heterocycles. The molecule has 2 aliphatic heterocycles. The second-order valence-electron chi connectivity index (χ2n) is 12.9. The quantitative estimate of drug-likeness (QED) is 0.224. The third-order valence-corrected chi connectivity index (χ3v) is 8.19. The van der Waals surface area contributed by atoms with Crippen LogP contribution in [0.25, 0.3) is 17.0 Å². The topological polar surface area (TPSA) is 99.5 Å². The van der Waals surface area contributed by atoms with Crippen molar-refractivity contribution in [1.82, 2.24) is 14.4 Å². The summed E-state index contributed by atoms with van der Waals surface area (Å²) in [5.74, 6) is 1.02. The van der Waals surface area contributed by atoms with E-state index in [0.29, 0.717) is 45.2 Å². The molecule has 3 aromatic rings. The van der Waals surface area contributed by atoms with Gasteiger partial charge in [-0.05, 0) is 94.5 Å². The molecule has 5 rings (SSSR count). The molecule has 10 heteroatoms. The number of pyridine rings is 1. The van der Waals surface area contributed by atoms with Crippen molar-refractivity contribution in [1.29, 1.82) is 0 Å². The van der Waals surface area contributed by atoms with Crippen molar-refractivity contribution in [3.05, 3.63) is 75.6 Å².